The summed E-state index contributed by atoms with van der Waals surface area (Å²) in [6.45, 7) is 0. The van der Waals surface area contributed by atoms with Gasteiger partial charge in [0.05, 0.1) is 11.0 Å². The highest BCUT2D eigenvalue weighted by Crippen LogP contribution is 2.39. The predicted molar refractivity (Wildman–Crippen MR) is 198 cm³/mol. The SMILES string of the molecule is c1ccc(-c2ccc3c(c2)c2cc(-c4ccccc4)ccc2n3-c2cccc(-c3nc(-c4ccccc4)c(-c4ccccc4)o3)c2)cc1. The highest BCUT2D eigenvalue weighted by molar-refractivity contribution is 6.11. The number of nitrogens with zero attached hydrogens (tertiary/aromatic N) is 2. The largest absolute Gasteiger partial charge is 0.435 e. The Morgan fingerprint density at radius 1 is 0.375 bits per heavy atom. The van der Waals surface area contributed by atoms with Gasteiger partial charge in [0.25, 0.3) is 0 Å². The molecular formula is C45H30N2O. The van der Waals surface area contributed by atoms with Crippen molar-refractivity contribution < 1.29 is 4.42 Å². The topological polar surface area (TPSA) is 31.0 Å². The first kappa shape index (κ1) is 27.8. The van der Waals surface area contributed by atoms with Crippen LogP contribution < -0.4 is 0 Å². The van der Waals surface area contributed by atoms with E-state index in [-0.39, 0.29) is 0 Å². The third-order valence-electron chi connectivity index (χ3n) is 9.04. The minimum Gasteiger partial charge on any atom is -0.435 e. The van der Waals surface area contributed by atoms with Gasteiger partial charge in [0.1, 0.15) is 5.69 Å². The molecule has 0 atom stereocenters. The van der Waals surface area contributed by atoms with Gasteiger partial charge in [-0.3, -0.25) is 0 Å². The van der Waals surface area contributed by atoms with E-state index in [0.717, 1.165) is 44.9 Å². The Morgan fingerprint density at radius 2 is 0.854 bits per heavy atom. The van der Waals surface area contributed by atoms with Crippen LogP contribution in [-0.2, 0) is 0 Å². The zero-order chi connectivity index (χ0) is 31.9. The summed E-state index contributed by atoms with van der Waals surface area (Å²) in [5, 5.41) is 2.42. The molecule has 2 heterocycles. The van der Waals surface area contributed by atoms with Crippen molar-refractivity contribution in [2.24, 2.45) is 0 Å². The highest BCUT2D eigenvalue weighted by Gasteiger charge is 2.20. The molecule has 0 N–H and O–H groups in total. The van der Waals surface area contributed by atoms with Gasteiger partial charge in [-0.25, -0.2) is 4.98 Å². The molecule has 0 aliphatic rings. The van der Waals surface area contributed by atoms with Crippen LogP contribution in [0.2, 0.25) is 0 Å². The van der Waals surface area contributed by atoms with Crippen LogP contribution in [-0.4, -0.2) is 9.55 Å². The van der Waals surface area contributed by atoms with Crippen LogP contribution in [0.25, 0.3) is 83.8 Å². The molecule has 0 spiro atoms. The van der Waals surface area contributed by atoms with Crippen molar-refractivity contribution in [1.82, 2.24) is 9.55 Å². The Bertz CT molecular complexity index is 2380. The van der Waals surface area contributed by atoms with E-state index in [0.29, 0.717) is 5.89 Å². The molecule has 48 heavy (non-hydrogen) atoms. The molecule has 9 aromatic rings. The van der Waals surface area contributed by atoms with Gasteiger partial charge in [0.2, 0.25) is 5.89 Å². The molecule has 226 valence electrons. The fourth-order valence-electron chi connectivity index (χ4n) is 6.72. The first-order chi connectivity index (χ1) is 23.8. The van der Waals surface area contributed by atoms with E-state index in [1.54, 1.807) is 0 Å². The van der Waals surface area contributed by atoms with Gasteiger partial charge < -0.3 is 8.98 Å². The van der Waals surface area contributed by atoms with Crippen LogP contribution in [0, 0.1) is 0 Å². The number of benzene rings is 7. The zero-order valence-corrected chi connectivity index (χ0v) is 26.1. The lowest BCUT2D eigenvalue weighted by molar-refractivity contribution is 0.589. The monoisotopic (exact) mass is 614 g/mol. The van der Waals surface area contributed by atoms with Gasteiger partial charge in [0.15, 0.2) is 5.76 Å². The molecule has 0 bridgehead atoms. The highest BCUT2D eigenvalue weighted by atomic mass is 16.4. The van der Waals surface area contributed by atoms with Crippen molar-refractivity contribution in [3.8, 4) is 62.0 Å². The van der Waals surface area contributed by atoms with E-state index >= 15 is 0 Å². The molecule has 3 heteroatoms. The summed E-state index contributed by atoms with van der Waals surface area (Å²) >= 11 is 0. The van der Waals surface area contributed by atoms with E-state index < -0.39 is 0 Å². The van der Waals surface area contributed by atoms with Gasteiger partial charge in [-0.2, -0.15) is 0 Å². The molecule has 7 aromatic carbocycles. The molecule has 0 saturated heterocycles. The second kappa shape index (κ2) is 11.7. The fraction of sp³-hybridized carbons (Fsp3) is 0. The first-order valence-corrected chi connectivity index (χ1v) is 16.2. The van der Waals surface area contributed by atoms with Gasteiger partial charge in [-0.1, -0.05) is 140 Å². The molecule has 9 rings (SSSR count). The normalized spacial score (nSPS) is 11.3. The van der Waals surface area contributed by atoms with Gasteiger partial charge in [0, 0.05) is 33.2 Å². The van der Waals surface area contributed by atoms with E-state index in [9.17, 15) is 0 Å². The molecule has 2 aromatic heterocycles. The van der Waals surface area contributed by atoms with Gasteiger partial charge >= 0.3 is 0 Å². The summed E-state index contributed by atoms with van der Waals surface area (Å²) in [6, 6.07) is 63.8. The van der Waals surface area contributed by atoms with E-state index in [1.807, 2.05) is 36.4 Å². The molecule has 0 unspecified atom stereocenters. The van der Waals surface area contributed by atoms with Crippen molar-refractivity contribution in [3.63, 3.8) is 0 Å². The van der Waals surface area contributed by atoms with Crippen LogP contribution in [0.15, 0.2) is 186 Å². The first-order valence-electron chi connectivity index (χ1n) is 16.2. The summed E-state index contributed by atoms with van der Waals surface area (Å²) in [5.74, 6) is 1.36. The summed E-state index contributed by atoms with van der Waals surface area (Å²) in [7, 11) is 0. The molecule has 0 amide bonds. The maximum Gasteiger partial charge on any atom is 0.227 e. The summed E-state index contributed by atoms with van der Waals surface area (Å²) in [5.41, 5.74) is 11.9. The van der Waals surface area contributed by atoms with E-state index in [2.05, 4.69) is 150 Å². The summed E-state index contributed by atoms with van der Waals surface area (Å²) in [4.78, 5) is 5.09. The van der Waals surface area contributed by atoms with Crippen LogP contribution in [0.1, 0.15) is 0 Å². The van der Waals surface area contributed by atoms with Crippen molar-refractivity contribution in [3.05, 3.63) is 182 Å². The fourth-order valence-corrected chi connectivity index (χ4v) is 6.72. The van der Waals surface area contributed by atoms with Crippen LogP contribution in [0.5, 0.6) is 0 Å². The van der Waals surface area contributed by atoms with Crippen LogP contribution in [0.3, 0.4) is 0 Å². The number of rotatable bonds is 6. The third-order valence-corrected chi connectivity index (χ3v) is 9.04. The lowest BCUT2D eigenvalue weighted by atomic mass is 10.0. The Morgan fingerprint density at radius 3 is 1.40 bits per heavy atom. The third kappa shape index (κ3) is 4.90. The molecule has 0 aliphatic heterocycles. The van der Waals surface area contributed by atoms with E-state index in [1.165, 1.54) is 33.0 Å². The average Bonchev–Trinajstić information content (AvgIpc) is 3.76. The lowest BCUT2D eigenvalue weighted by Gasteiger charge is -2.10. The minimum atomic E-state index is 0.591. The van der Waals surface area contributed by atoms with Crippen molar-refractivity contribution in [1.29, 1.82) is 0 Å². The molecular weight excluding hydrogens is 585 g/mol. The number of aromatic nitrogens is 2. The smallest absolute Gasteiger partial charge is 0.227 e. The Hall–Kier alpha value is -6.45. The minimum absolute atomic E-state index is 0.591. The molecule has 3 nitrogen and oxygen atoms in total. The number of fused-ring (bicyclic) bond motifs is 3. The number of oxazole rings is 1. The lowest BCUT2D eigenvalue weighted by Crippen LogP contribution is -1.94. The van der Waals surface area contributed by atoms with E-state index in [4.69, 9.17) is 9.40 Å². The standard InChI is InChI=1S/C45H30N2O/c1-5-14-31(15-6-1)35-24-26-41-39(29-35)40-30-36(32-16-7-2-8-17-32)25-27-42(40)47(41)38-23-13-22-37(28-38)45-46-43(33-18-9-3-10-19-33)44(48-45)34-20-11-4-12-21-34/h1-30H. The zero-order valence-electron chi connectivity index (χ0n) is 26.1. The number of hydrogen-bond acceptors (Lipinski definition) is 2. The maximum absolute atomic E-state index is 6.60. The second-order valence-electron chi connectivity index (χ2n) is 12.0. The van der Waals surface area contributed by atoms with Crippen molar-refractivity contribution >= 4 is 21.8 Å². The van der Waals surface area contributed by atoms with Crippen molar-refractivity contribution in [2.45, 2.75) is 0 Å². The quantitative estimate of drug-likeness (QED) is 0.187. The van der Waals surface area contributed by atoms with Gasteiger partial charge in [-0.05, 0) is 64.7 Å². The predicted octanol–water partition coefficient (Wildman–Crippen LogP) is 12.1. The Labute approximate surface area is 279 Å². The summed E-state index contributed by atoms with van der Waals surface area (Å²) < 4.78 is 8.96. The van der Waals surface area contributed by atoms with Gasteiger partial charge in [-0.15, -0.1) is 0 Å². The Balaban J connectivity index is 1.23. The molecule has 0 saturated carbocycles. The summed E-state index contributed by atoms with van der Waals surface area (Å²) in [6.07, 6.45) is 0. The van der Waals surface area contributed by atoms with Crippen LogP contribution in [0.4, 0.5) is 0 Å². The van der Waals surface area contributed by atoms with Crippen molar-refractivity contribution in [2.75, 3.05) is 0 Å². The van der Waals surface area contributed by atoms with Crippen LogP contribution >= 0.6 is 0 Å². The number of hydrogen-bond donors (Lipinski definition) is 0. The maximum atomic E-state index is 6.60. The molecule has 0 aliphatic carbocycles. The average molecular weight is 615 g/mol. The Kier molecular flexibility index (Phi) is 6.80. The molecule has 0 radical (unpaired) electrons. The second-order valence-corrected chi connectivity index (χ2v) is 12.0. The molecule has 0 fully saturated rings.